The molecule has 1 amide bonds. The summed E-state index contributed by atoms with van der Waals surface area (Å²) in [4.78, 5) is 15.1. The predicted octanol–water partition coefficient (Wildman–Crippen LogP) is 4.72. The Balaban J connectivity index is 1.68. The molecule has 1 aliphatic carbocycles. The molecule has 1 saturated carbocycles. The van der Waals surface area contributed by atoms with Gasteiger partial charge in [-0.05, 0) is 49.3 Å². The molecule has 3 heteroatoms. The van der Waals surface area contributed by atoms with Crippen LogP contribution >= 0.6 is 0 Å². The van der Waals surface area contributed by atoms with Gasteiger partial charge in [-0.2, -0.15) is 0 Å². The van der Waals surface area contributed by atoms with Gasteiger partial charge >= 0.3 is 0 Å². The van der Waals surface area contributed by atoms with Gasteiger partial charge < -0.3 is 5.32 Å². The lowest BCUT2D eigenvalue weighted by Gasteiger charge is -2.22. The molecule has 3 rings (SSSR count). The van der Waals surface area contributed by atoms with Crippen LogP contribution in [0.5, 0.6) is 0 Å². The van der Waals surface area contributed by atoms with Crippen LogP contribution < -0.4 is 5.32 Å². The Morgan fingerprint density at radius 2 is 1.65 bits per heavy atom. The second-order valence-electron chi connectivity index (χ2n) is 7.33. The second-order valence-corrected chi connectivity index (χ2v) is 7.33. The molecule has 0 radical (unpaired) electrons. The first kappa shape index (κ1) is 18.7. The van der Waals surface area contributed by atoms with Gasteiger partial charge in [0, 0.05) is 18.3 Å². The first-order valence-corrected chi connectivity index (χ1v) is 9.81. The molecule has 0 bridgehead atoms. The van der Waals surface area contributed by atoms with Crippen molar-refractivity contribution in [1.82, 2.24) is 4.90 Å². The monoisotopic (exact) mass is 350 g/mol. The fourth-order valence-electron chi connectivity index (χ4n) is 3.45. The number of hydrogen-bond donors (Lipinski definition) is 1. The minimum Gasteiger partial charge on any atom is -0.324 e. The van der Waals surface area contributed by atoms with Crippen LogP contribution in [0.2, 0.25) is 0 Å². The number of anilines is 1. The highest BCUT2D eigenvalue weighted by Gasteiger charge is 2.30. The first-order chi connectivity index (χ1) is 12.6. The molecule has 0 heterocycles. The molecule has 26 heavy (non-hydrogen) atoms. The largest absolute Gasteiger partial charge is 0.324 e. The zero-order chi connectivity index (χ0) is 18.5. The number of nitrogens with zero attached hydrogens (tertiary/aromatic N) is 1. The number of aryl methyl sites for hydroxylation is 3. The van der Waals surface area contributed by atoms with Crippen molar-refractivity contribution in [2.24, 2.45) is 0 Å². The SMILES string of the molecule is CCc1cccc(CC)c1NC(=O)CN(Cc1ccc(C)cc1)C1CC1. The van der Waals surface area contributed by atoms with Crippen LogP contribution in [0.25, 0.3) is 0 Å². The smallest absolute Gasteiger partial charge is 0.238 e. The van der Waals surface area contributed by atoms with Crippen molar-refractivity contribution in [3.8, 4) is 0 Å². The van der Waals surface area contributed by atoms with E-state index in [1.165, 1.54) is 35.1 Å². The highest BCUT2D eigenvalue weighted by molar-refractivity contribution is 5.94. The van der Waals surface area contributed by atoms with E-state index in [1.54, 1.807) is 0 Å². The molecule has 1 fully saturated rings. The van der Waals surface area contributed by atoms with Crippen molar-refractivity contribution in [2.75, 3.05) is 11.9 Å². The number of hydrogen-bond acceptors (Lipinski definition) is 2. The van der Waals surface area contributed by atoms with Crippen LogP contribution in [-0.2, 0) is 24.2 Å². The van der Waals surface area contributed by atoms with Crippen molar-refractivity contribution in [1.29, 1.82) is 0 Å². The van der Waals surface area contributed by atoms with E-state index in [-0.39, 0.29) is 5.91 Å². The number of carbonyl (C=O) groups excluding carboxylic acids is 1. The van der Waals surface area contributed by atoms with Gasteiger partial charge in [-0.3, -0.25) is 9.69 Å². The van der Waals surface area contributed by atoms with Gasteiger partial charge in [-0.15, -0.1) is 0 Å². The third kappa shape index (κ3) is 4.73. The molecule has 3 nitrogen and oxygen atoms in total. The molecule has 0 aromatic heterocycles. The summed E-state index contributed by atoms with van der Waals surface area (Å²) in [5.41, 5.74) is 6.00. The van der Waals surface area contributed by atoms with Crippen LogP contribution in [0.1, 0.15) is 48.9 Å². The third-order valence-corrected chi connectivity index (χ3v) is 5.18. The van der Waals surface area contributed by atoms with Crippen LogP contribution in [-0.4, -0.2) is 23.4 Å². The normalized spacial score (nSPS) is 13.8. The lowest BCUT2D eigenvalue weighted by Crippen LogP contribution is -2.34. The Bertz CT molecular complexity index is 725. The molecule has 0 atom stereocenters. The molecule has 0 saturated heterocycles. The number of para-hydroxylation sites is 1. The quantitative estimate of drug-likeness (QED) is 0.747. The van der Waals surface area contributed by atoms with Crippen LogP contribution in [0.3, 0.4) is 0 Å². The average molecular weight is 351 g/mol. The van der Waals surface area contributed by atoms with Crippen molar-refractivity contribution in [3.05, 3.63) is 64.7 Å². The van der Waals surface area contributed by atoms with Gasteiger partial charge in [0.15, 0.2) is 0 Å². The first-order valence-electron chi connectivity index (χ1n) is 9.81. The lowest BCUT2D eigenvalue weighted by atomic mass is 10.0. The van der Waals surface area contributed by atoms with Crippen LogP contribution in [0, 0.1) is 6.92 Å². The topological polar surface area (TPSA) is 32.3 Å². The highest BCUT2D eigenvalue weighted by Crippen LogP contribution is 2.29. The fraction of sp³-hybridized carbons (Fsp3) is 0.435. The Morgan fingerprint density at radius 3 is 2.19 bits per heavy atom. The number of rotatable bonds is 8. The summed E-state index contributed by atoms with van der Waals surface area (Å²) in [5.74, 6) is 0.0969. The lowest BCUT2D eigenvalue weighted by molar-refractivity contribution is -0.117. The maximum atomic E-state index is 12.8. The number of benzene rings is 2. The number of amides is 1. The average Bonchev–Trinajstić information content (AvgIpc) is 3.48. The molecule has 0 unspecified atom stereocenters. The van der Waals surface area contributed by atoms with E-state index in [9.17, 15) is 4.79 Å². The van der Waals surface area contributed by atoms with Gasteiger partial charge in [0.25, 0.3) is 0 Å². The van der Waals surface area contributed by atoms with E-state index in [0.717, 1.165) is 25.1 Å². The highest BCUT2D eigenvalue weighted by atomic mass is 16.2. The maximum absolute atomic E-state index is 12.8. The summed E-state index contributed by atoms with van der Waals surface area (Å²) < 4.78 is 0. The van der Waals surface area contributed by atoms with Crippen molar-refractivity contribution in [2.45, 2.75) is 59.0 Å². The van der Waals surface area contributed by atoms with E-state index in [4.69, 9.17) is 0 Å². The zero-order valence-corrected chi connectivity index (χ0v) is 16.2. The summed E-state index contributed by atoms with van der Waals surface area (Å²) in [6, 6.07) is 15.5. The molecule has 2 aromatic carbocycles. The van der Waals surface area contributed by atoms with Crippen molar-refractivity contribution < 1.29 is 4.79 Å². The Kier molecular flexibility index (Phi) is 6.10. The standard InChI is InChI=1S/C23H30N2O/c1-4-19-7-6-8-20(5-2)23(19)24-22(26)16-25(21-13-14-21)15-18-11-9-17(3)10-12-18/h6-12,21H,4-5,13-16H2,1-3H3,(H,24,26). The van der Waals surface area contributed by atoms with Crippen LogP contribution in [0.4, 0.5) is 5.69 Å². The van der Waals surface area contributed by atoms with E-state index in [1.807, 2.05) is 0 Å². The minimum absolute atomic E-state index is 0.0969. The molecular weight excluding hydrogens is 320 g/mol. The summed E-state index contributed by atoms with van der Waals surface area (Å²) in [6.45, 7) is 7.68. The number of carbonyl (C=O) groups is 1. The molecule has 138 valence electrons. The van der Waals surface area contributed by atoms with E-state index in [2.05, 4.69) is 73.5 Å². The third-order valence-electron chi connectivity index (χ3n) is 5.18. The molecule has 2 aromatic rings. The van der Waals surface area contributed by atoms with E-state index < -0.39 is 0 Å². The molecule has 0 spiro atoms. The van der Waals surface area contributed by atoms with Crippen LogP contribution in [0.15, 0.2) is 42.5 Å². The van der Waals surface area contributed by atoms with Gasteiger partial charge in [0.05, 0.1) is 6.54 Å². The van der Waals surface area contributed by atoms with Crippen molar-refractivity contribution >= 4 is 11.6 Å². The second kappa shape index (κ2) is 8.50. The summed E-state index contributed by atoms with van der Waals surface area (Å²) in [7, 11) is 0. The Labute approximate surface area is 157 Å². The Morgan fingerprint density at radius 1 is 1.04 bits per heavy atom. The van der Waals surface area contributed by atoms with Gasteiger partial charge in [0.1, 0.15) is 0 Å². The zero-order valence-electron chi connectivity index (χ0n) is 16.2. The minimum atomic E-state index is 0.0969. The fourth-order valence-corrected chi connectivity index (χ4v) is 3.45. The maximum Gasteiger partial charge on any atom is 0.238 e. The molecule has 1 aliphatic rings. The molecular formula is C23H30N2O. The summed E-state index contributed by atoms with van der Waals surface area (Å²) in [6.07, 6.45) is 4.26. The van der Waals surface area contributed by atoms with Crippen molar-refractivity contribution in [3.63, 3.8) is 0 Å². The molecule has 0 aliphatic heterocycles. The summed E-state index contributed by atoms with van der Waals surface area (Å²) >= 11 is 0. The number of nitrogens with one attached hydrogen (secondary N) is 1. The van der Waals surface area contributed by atoms with Gasteiger partial charge in [-0.1, -0.05) is 61.9 Å². The van der Waals surface area contributed by atoms with Gasteiger partial charge in [0.2, 0.25) is 5.91 Å². The predicted molar refractivity (Wildman–Crippen MR) is 108 cm³/mol. The Hall–Kier alpha value is -2.13. The van der Waals surface area contributed by atoms with E-state index >= 15 is 0 Å². The van der Waals surface area contributed by atoms with E-state index in [0.29, 0.717) is 12.6 Å². The summed E-state index contributed by atoms with van der Waals surface area (Å²) in [5, 5.41) is 3.21. The van der Waals surface area contributed by atoms with Gasteiger partial charge in [-0.25, -0.2) is 0 Å². The molecule has 1 N–H and O–H groups in total.